The van der Waals surface area contributed by atoms with E-state index in [1.54, 1.807) is 29.6 Å². The summed E-state index contributed by atoms with van der Waals surface area (Å²) in [6, 6.07) is 16.0. The molecule has 0 saturated heterocycles. The minimum Gasteiger partial charge on any atom is -0.258 e. The number of nitrogens with one attached hydrogen (secondary N) is 1. The molecule has 0 amide bonds. The molecule has 15 heteroatoms. The van der Waals surface area contributed by atoms with Gasteiger partial charge in [0.15, 0.2) is 5.84 Å². The van der Waals surface area contributed by atoms with E-state index < -0.39 is 21.6 Å². The second kappa shape index (κ2) is 9.89. The predicted molar refractivity (Wildman–Crippen MR) is 141 cm³/mol. The van der Waals surface area contributed by atoms with Crippen molar-refractivity contribution in [2.75, 3.05) is 10.2 Å². The van der Waals surface area contributed by atoms with Gasteiger partial charge in [-0.25, -0.2) is 0 Å². The van der Waals surface area contributed by atoms with E-state index in [1.165, 1.54) is 46.8 Å². The minimum atomic E-state index is -4.64. The highest BCUT2D eigenvalue weighted by atomic mass is 35.5. The molecule has 1 aromatic heterocycles. The van der Waals surface area contributed by atoms with Crippen LogP contribution in [0.5, 0.6) is 0 Å². The highest BCUT2D eigenvalue weighted by molar-refractivity contribution is 7.14. The zero-order chi connectivity index (χ0) is 27.9. The first-order valence-electron chi connectivity index (χ1n) is 10.9. The molecule has 0 fully saturated rings. The van der Waals surface area contributed by atoms with Gasteiger partial charge in [-0.2, -0.15) is 18.3 Å². The molecule has 0 saturated carbocycles. The first-order chi connectivity index (χ1) is 18.5. The number of nitro benzene ring substituents is 2. The Bertz CT molecular complexity index is 1630. The number of anilines is 2. The van der Waals surface area contributed by atoms with Crippen LogP contribution in [0.4, 0.5) is 35.2 Å². The number of nitro groups is 2. The van der Waals surface area contributed by atoms with Crippen LogP contribution in [0.15, 0.2) is 83.3 Å². The second-order valence-corrected chi connectivity index (χ2v) is 9.41. The van der Waals surface area contributed by atoms with Crippen LogP contribution in [0.3, 0.4) is 0 Å². The molecule has 2 heterocycles. The molecular weight excluding hydrogens is 561 g/mol. The van der Waals surface area contributed by atoms with E-state index in [0.29, 0.717) is 21.7 Å². The number of nitrogens with zero attached hydrogens (tertiary/aromatic N) is 5. The maximum Gasteiger partial charge on any atom is 0.416 e. The van der Waals surface area contributed by atoms with Gasteiger partial charge in [0.25, 0.3) is 11.4 Å². The highest BCUT2D eigenvalue weighted by Gasteiger charge is 2.34. The Morgan fingerprint density at radius 2 is 1.59 bits per heavy atom. The van der Waals surface area contributed by atoms with E-state index in [-0.39, 0.29) is 27.9 Å². The third-order valence-corrected chi connectivity index (χ3v) is 6.84. The normalized spacial score (nSPS) is 13.3. The molecule has 3 aromatic carbocycles. The van der Waals surface area contributed by atoms with Crippen LogP contribution in [0.25, 0.3) is 11.1 Å². The monoisotopic (exact) mass is 574 g/mol. The van der Waals surface area contributed by atoms with E-state index >= 15 is 0 Å². The lowest BCUT2D eigenvalue weighted by Crippen LogP contribution is -2.44. The van der Waals surface area contributed by atoms with Crippen LogP contribution in [0.1, 0.15) is 11.1 Å². The van der Waals surface area contributed by atoms with E-state index in [1.807, 2.05) is 0 Å². The van der Waals surface area contributed by atoms with Crippen LogP contribution in [0.2, 0.25) is 5.02 Å². The summed E-state index contributed by atoms with van der Waals surface area (Å²) in [5.74, 6) is 0.123. The summed E-state index contributed by atoms with van der Waals surface area (Å²) in [5.41, 5.74) is 3.34. The molecule has 0 bridgehead atoms. The van der Waals surface area contributed by atoms with Gasteiger partial charge >= 0.3 is 6.18 Å². The lowest BCUT2D eigenvalue weighted by Gasteiger charge is -2.27. The number of hydrogen-bond acceptors (Lipinski definition) is 9. The van der Waals surface area contributed by atoms with Crippen molar-refractivity contribution >= 4 is 50.8 Å². The van der Waals surface area contributed by atoms with Crippen molar-refractivity contribution < 1.29 is 23.0 Å². The van der Waals surface area contributed by atoms with Crippen LogP contribution in [-0.4, -0.2) is 15.7 Å². The zero-order valence-corrected chi connectivity index (χ0v) is 20.9. The standard InChI is InChI=1S/C24H14ClF3N6O4S/c25-20-9-6-17(24(26,27)28)12-21(20)31-29-23(15-2-1-3-19(10-15)34(37)38)30-32(31)22-11-16(13-39-22)14-4-7-18(8-5-14)33(35)36/h1-13H,(H,29,30). The molecule has 5 rings (SSSR count). The predicted octanol–water partition coefficient (Wildman–Crippen LogP) is 7.01. The molecule has 39 heavy (non-hydrogen) atoms. The van der Waals surface area contributed by atoms with Gasteiger partial charge in [-0.15, -0.1) is 21.6 Å². The quantitative estimate of drug-likeness (QED) is 0.194. The summed E-state index contributed by atoms with van der Waals surface area (Å²) < 4.78 is 40.5. The molecular formula is C24H14ClF3N6O4S. The zero-order valence-electron chi connectivity index (χ0n) is 19.3. The number of alkyl halides is 3. The van der Waals surface area contributed by atoms with Crippen molar-refractivity contribution in [3.05, 3.63) is 115 Å². The van der Waals surface area contributed by atoms with E-state index in [0.717, 1.165) is 23.3 Å². The van der Waals surface area contributed by atoms with Gasteiger partial charge in [-0.3, -0.25) is 25.7 Å². The van der Waals surface area contributed by atoms with Gasteiger partial charge in [0.05, 0.1) is 20.4 Å². The number of amidine groups is 1. The summed E-state index contributed by atoms with van der Waals surface area (Å²) in [5, 5.41) is 31.4. The fourth-order valence-corrected chi connectivity index (χ4v) is 4.78. The van der Waals surface area contributed by atoms with Crippen molar-refractivity contribution in [3.63, 3.8) is 0 Å². The average molecular weight is 575 g/mol. The Labute approximate surface area is 226 Å². The van der Waals surface area contributed by atoms with Crippen LogP contribution in [-0.2, 0) is 6.18 Å². The van der Waals surface area contributed by atoms with Gasteiger partial charge < -0.3 is 0 Å². The Morgan fingerprint density at radius 3 is 2.26 bits per heavy atom. The molecule has 1 aliphatic rings. The number of hydrazone groups is 1. The summed E-state index contributed by atoms with van der Waals surface area (Å²) in [4.78, 5) is 21.2. The van der Waals surface area contributed by atoms with Crippen molar-refractivity contribution in [1.29, 1.82) is 0 Å². The number of non-ortho nitro benzene ring substituents is 2. The Balaban J connectivity index is 1.57. The fraction of sp³-hybridized carbons (Fsp3) is 0.0417. The molecule has 1 aliphatic heterocycles. The van der Waals surface area contributed by atoms with Crippen LogP contribution in [0, 0.1) is 20.2 Å². The van der Waals surface area contributed by atoms with E-state index in [9.17, 15) is 33.4 Å². The molecule has 0 atom stereocenters. The molecule has 0 radical (unpaired) electrons. The van der Waals surface area contributed by atoms with Crippen LogP contribution < -0.4 is 15.7 Å². The number of rotatable bonds is 6. The third kappa shape index (κ3) is 5.19. The Kier molecular flexibility index (Phi) is 6.57. The summed E-state index contributed by atoms with van der Waals surface area (Å²) in [6.07, 6.45) is -4.64. The van der Waals surface area contributed by atoms with Crippen molar-refractivity contribution in [2.24, 2.45) is 5.10 Å². The highest BCUT2D eigenvalue weighted by Crippen LogP contribution is 2.40. The summed E-state index contributed by atoms with van der Waals surface area (Å²) in [6.45, 7) is 0. The number of hydrazine groups is 2. The lowest BCUT2D eigenvalue weighted by atomic mass is 10.1. The van der Waals surface area contributed by atoms with Gasteiger partial charge in [-0.1, -0.05) is 23.7 Å². The Morgan fingerprint density at radius 1 is 0.872 bits per heavy atom. The molecule has 0 spiro atoms. The smallest absolute Gasteiger partial charge is 0.258 e. The maximum atomic E-state index is 13.5. The number of hydrogen-bond donors (Lipinski definition) is 1. The largest absolute Gasteiger partial charge is 0.416 e. The van der Waals surface area contributed by atoms with Crippen molar-refractivity contribution in [3.8, 4) is 11.1 Å². The van der Waals surface area contributed by atoms with Gasteiger partial charge in [0.2, 0.25) is 0 Å². The number of halogens is 4. The topological polar surface area (TPSA) is 117 Å². The molecule has 0 aliphatic carbocycles. The molecule has 10 nitrogen and oxygen atoms in total. The number of thiophene rings is 1. The molecule has 1 N–H and O–H groups in total. The fourth-order valence-electron chi connectivity index (χ4n) is 3.71. The molecule has 0 unspecified atom stereocenters. The minimum absolute atomic E-state index is 0.0222. The first kappa shape index (κ1) is 25.9. The lowest BCUT2D eigenvalue weighted by molar-refractivity contribution is -0.385. The SMILES string of the molecule is O=[N+]([O-])c1ccc(-c2csc(N3NC(c4cccc([N+](=O)[O-])c4)=NN3c3cc(C(F)(F)F)ccc3Cl)c2)cc1. The average Bonchev–Trinajstić information content (AvgIpc) is 3.56. The van der Waals surface area contributed by atoms with Gasteiger partial charge in [0, 0.05) is 35.2 Å². The first-order valence-corrected chi connectivity index (χ1v) is 12.2. The van der Waals surface area contributed by atoms with Crippen LogP contribution >= 0.6 is 22.9 Å². The van der Waals surface area contributed by atoms with E-state index in [2.05, 4.69) is 10.5 Å². The maximum absolute atomic E-state index is 13.5. The van der Waals surface area contributed by atoms with Crippen molar-refractivity contribution in [1.82, 2.24) is 5.43 Å². The molecule has 198 valence electrons. The van der Waals surface area contributed by atoms with Crippen molar-refractivity contribution in [2.45, 2.75) is 6.18 Å². The Hall–Kier alpha value is -4.69. The third-order valence-electron chi connectivity index (χ3n) is 5.62. The number of benzene rings is 3. The molecule has 4 aromatic rings. The van der Waals surface area contributed by atoms with E-state index in [4.69, 9.17) is 11.6 Å². The second-order valence-electron chi connectivity index (χ2n) is 8.11. The van der Waals surface area contributed by atoms with Gasteiger partial charge in [0.1, 0.15) is 10.7 Å². The summed E-state index contributed by atoms with van der Waals surface area (Å²) in [7, 11) is 0. The summed E-state index contributed by atoms with van der Waals surface area (Å²) >= 11 is 7.52. The van der Waals surface area contributed by atoms with Gasteiger partial charge in [-0.05, 0) is 47.5 Å².